The first-order valence-electron chi connectivity index (χ1n) is 6.70. The molecule has 2 amide bonds. The Morgan fingerprint density at radius 3 is 2.67 bits per heavy atom. The van der Waals surface area contributed by atoms with Crippen molar-refractivity contribution in [3.8, 4) is 6.07 Å². The molecule has 0 bridgehead atoms. The summed E-state index contributed by atoms with van der Waals surface area (Å²) in [6.45, 7) is 0.181. The van der Waals surface area contributed by atoms with Crippen molar-refractivity contribution >= 4 is 11.8 Å². The largest absolute Gasteiger partial charge is 0.368 e. The number of hydrogen-bond acceptors (Lipinski definition) is 4. The molecule has 0 radical (unpaired) electrons. The minimum absolute atomic E-state index is 0.142. The van der Waals surface area contributed by atoms with Crippen molar-refractivity contribution in [1.82, 2.24) is 5.32 Å². The molecule has 0 unspecified atom stereocenters. The molecule has 0 aromatic heterocycles. The Morgan fingerprint density at radius 2 is 2.05 bits per heavy atom. The van der Waals surface area contributed by atoms with E-state index in [4.69, 9.17) is 15.7 Å². The van der Waals surface area contributed by atoms with Crippen molar-refractivity contribution in [2.45, 2.75) is 31.9 Å². The molecule has 0 saturated carbocycles. The van der Waals surface area contributed by atoms with Crippen LogP contribution in [0.1, 0.15) is 24.8 Å². The molecule has 1 atom stereocenters. The fourth-order valence-corrected chi connectivity index (χ4v) is 1.74. The van der Waals surface area contributed by atoms with E-state index in [1.54, 1.807) is 0 Å². The molecule has 0 aliphatic carbocycles. The molecule has 6 nitrogen and oxygen atoms in total. The zero-order valence-corrected chi connectivity index (χ0v) is 11.7. The topological polar surface area (TPSA) is 105 Å². The highest BCUT2D eigenvalue weighted by Gasteiger charge is 2.17. The van der Waals surface area contributed by atoms with Crippen LogP contribution in [0.15, 0.2) is 30.3 Å². The second-order valence-electron chi connectivity index (χ2n) is 4.55. The molecule has 112 valence electrons. The fourth-order valence-electron chi connectivity index (χ4n) is 1.74. The second kappa shape index (κ2) is 9.50. The van der Waals surface area contributed by atoms with E-state index < -0.39 is 17.9 Å². The van der Waals surface area contributed by atoms with E-state index in [2.05, 4.69) is 5.32 Å². The summed E-state index contributed by atoms with van der Waals surface area (Å²) in [7, 11) is 0. The molecule has 0 heterocycles. The van der Waals surface area contributed by atoms with Crippen LogP contribution >= 0.6 is 0 Å². The van der Waals surface area contributed by atoms with E-state index in [0.29, 0.717) is 25.9 Å². The minimum atomic E-state index is -0.758. The number of nitrogens with two attached hydrogens (primary N) is 1. The maximum absolute atomic E-state index is 11.7. The van der Waals surface area contributed by atoms with Gasteiger partial charge >= 0.3 is 0 Å². The van der Waals surface area contributed by atoms with Crippen LogP contribution in [0.4, 0.5) is 0 Å². The number of nitriles is 1. The highest BCUT2D eigenvalue weighted by Crippen LogP contribution is 2.02. The summed E-state index contributed by atoms with van der Waals surface area (Å²) in [5.41, 5.74) is 6.17. The van der Waals surface area contributed by atoms with E-state index in [-0.39, 0.29) is 6.61 Å². The zero-order valence-electron chi connectivity index (χ0n) is 11.7. The van der Waals surface area contributed by atoms with Gasteiger partial charge in [0.15, 0.2) is 0 Å². The summed E-state index contributed by atoms with van der Waals surface area (Å²) < 4.78 is 5.27. The monoisotopic (exact) mass is 289 g/mol. The smallest absolute Gasteiger partial charge is 0.246 e. The first-order valence-corrected chi connectivity index (χ1v) is 6.70. The first-order chi connectivity index (χ1) is 10.1. The number of rotatable bonds is 9. The van der Waals surface area contributed by atoms with Crippen LogP contribution in [0.5, 0.6) is 0 Å². The summed E-state index contributed by atoms with van der Waals surface area (Å²) in [6.07, 6.45) is 1.19. The Morgan fingerprint density at radius 1 is 1.33 bits per heavy atom. The van der Waals surface area contributed by atoms with Gasteiger partial charge in [-0.15, -0.1) is 0 Å². The third-order valence-electron chi connectivity index (χ3n) is 2.80. The van der Waals surface area contributed by atoms with Crippen LogP contribution in [0.2, 0.25) is 0 Å². The van der Waals surface area contributed by atoms with Crippen molar-refractivity contribution in [3.63, 3.8) is 0 Å². The third-order valence-corrected chi connectivity index (χ3v) is 2.80. The van der Waals surface area contributed by atoms with Gasteiger partial charge in [-0.25, -0.2) is 0 Å². The van der Waals surface area contributed by atoms with Gasteiger partial charge in [0.2, 0.25) is 11.8 Å². The van der Waals surface area contributed by atoms with Crippen molar-refractivity contribution < 1.29 is 14.3 Å². The van der Waals surface area contributed by atoms with Crippen LogP contribution in [0.3, 0.4) is 0 Å². The summed E-state index contributed by atoms with van der Waals surface area (Å²) in [4.78, 5) is 22.9. The number of unbranched alkanes of at least 4 members (excludes halogenated alkanes) is 1. The number of nitrogens with one attached hydrogen (secondary N) is 1. The summed E-state index contributed by atoms with van der Waals surface area (Å²) in [5.74, 6) is -1.00. The zero-order chi connectivity index (χ0) is 15.5. The maximum Gasteiger partial charge on any atom is 0.246 e. The van der Waals surface area contributed by atoms with Crippen molar-refractivity contribution in [1.29, 1.82) is 5.26 Å². The molecule has 1 aromatic rings. The lowest BCUT2D eigenvalue weighted by molar-refractivity contribution is -0.130. The van der Waals surface area contributed by atoms with E-state index >= 15 is 0 Å². The van der Waals surface area contributed by atoms with E-state index in [1.807, 2.05) is 36.4 Å². The lowest BCUT2D eigenvalue weighted by Gasteiger charge is -2.14. The molecule has 21 heavy (non-hydrogen) atoms. The molecule has 0 fully saturated rings. The molecule has 0 spiro atoms. The number of benzene rings is 1. The fraction of sp³-hybridized carbons (Fsp3) is 0.400. The number of primary amides is 1. The Labute approximate surface area is 123 Å². The highest BCUT2D eigenvalue weighted by molar-refractivity contribution is 5.86. The summed E-state index contributed by atoms with van der Waals surface area (Å²) >= 11 is 0. The van der Waals surface area contributed by atoms with Crippen molar-refractivity contribution in [2.24, 2.45) is 5.73 Å². The minimum Gasteiger partial charge on any atom is -0.368 e. The lowest BCUT2D eigenvalue weighted by Crippen LogP contribution is -2.45. The van der Waals surface area contributed by atoms with Crippen LogP contribution in [-0.2, 0) is 20.9 Å². The molecule has 1 aromatic carbocycles. The molecule has 3 N–H and O–H groups in total. The number of hydrogen-bond donors (Lipinski definition) is 2. The highest BCUT2D eigenvalue weighted by atomic mass is 16.5. The van der Waals surface area contributed by atoms with Crippen molar-refractivity contribution in [2.75, 3.05) is 6.61 Å². The number of nitrogens with zero attached hydrogens (tertiary/aromatic N) is 1. The van der Waals surface area contributed by atoms with Gasteiger partial charge in [0, 0.05) is 6.42 Å². The molecular weight excluding hydrogens is 270 g/mol. The predicted molar refractivity (Wildman–Crippen MR) is 76.7 cm³/mol. The standard InChI is InChI=1S/C15H19N3O3/c16-9-5-4-8-13(15(17)20)18-14(19)11-21-10-12-6-2-1-3-7-12/h1-3,6-7,13H,4-5,8,10-11H2,(H2,17,20)(H,18,19)/t13-/m0/s1. The number of amides is 2. The van der Waals surface area contributed by atoms with Crippen LogP contribution < -0.4 is 11.1 Å². The van der Waals surface area contributed by atoms with E-state index in [0.717, 1.165) is 5.56 Å². The van der Waals surface area contributed by atoms with Gasteiger partial charge in [-0.2, -0.15) is 5.26 Å². The van der Waals surface area contributed by atoms with Crippen LogP contribution in [-0.4, -0.2) is 24.5 Å². The van der Waals surface area contributed by atoms with Crippen LogP contribution in [0, 0.1) is 11.3 Å². The number of carbonyl (C=O) groups excluding carboxylic acids is 2. The van der Waals surface area contributed by atoms with Gasteiger partial charge < -0.3 is 15.8 Å². The Kier molecular flexibility index (Phi) is 7.54. The molecule has 0 aliphatic heterocycles. The molecule has 0 aliphatic rings. The first kappa shape index (κ1) is 16.7. The Balaban J connectivity index is 2.30. The van der Waals surface area contributed by atoms with Gasteiger partial charge in [0.25, 0.3) is 0 Å². The lowest BCUT2D eigenvalue weighted by atomic mass is 10.1. The molecule has 6 heteroatoms. The van der Waals surface area contributed by atoms with Gasteiger partial charge in [-0.1, -0.05) is 30.3 Å². The van der Waals surface area contributed by atoms with Crippen molar-refractivity contribution in [3.05, 3.63) is 35.9 Å². The average molecular weight is 289 g/mol. The van der Waals surface area contributed by atoms with E-state index in [9.17, 15) is 9.59 Å². The Bertz CT molecular complexity index is 497. The normalized spacial score (nSPS) is 11.4. The van der Waals surface area contributed by atoms with Crippen LogP contribution in [0.25, 0.3) is 0 Å². The predicted octanol–water partition coefficient (Wildman–Crippen LogP) is 0.867. The average Bonchev–Trinajstić information content (AvgIpc) is 2.47. The third kappa shape index (κ3) is 7.09. The maximum atomic E-state index is 11.7. The summed E-state index contributed by atoms with van der Waals surface area (Å²) in [5, 5.41) is 11.0. The number of carbonyl (C=O) groups is 2. The molecular formula is C15H19N3O3. The molecule has 1 rings (SSSR count). The van der Waals surface area contributed by atoms with Gasteiger partial charge in [-0.05, 0) is 18.4 Å². The van der Waals surface area contributed by atoms with E-state index in [1.165, 1.54) is 0 Å². The number of ether oxygens (including phenoxy) is 1. The van der Waals surface area contributed by atoms with Gasteiger partial charge in [0.1, 0.15) is 12.6 Å². The SMILES string of the molecule is N#CCCC[C@H](NC(=O)COCc1ccccc1)C(N)=O. The summed E-state index contributed by atoms with van der Waals surface area (Å²) in [6, 6.07) is 10.7. The molecule has 0 saturated heterocycles. The second-order valence-corrected chi connectivity index (χ2v) is 4.55. The Hall–Kier alpha value is -2.39. The van der Waals surface area contributed by atoms with Gasteiger partial charge in [0.05, 0.1) is 12.7 Å². The quantitative estimate of drug-likeness (QED) is 0.658. The van der Waals surface area contributed by atoms with Gasteiger partial charge in [-0.3, -0.25) is 9.59 Å².